The first-order chi connectivity index (χ1) is 16.1. The molecule has 4 nitrogen and oxygen atoms in total. The Morgan fingerprint density at radius 1 is 0.676 bits per heavy atom. The van der Waals surface area contributed by atoms with E-state index in [9.17, 15) is 31.5 Å². The summed E-state index contributed by atoms with van der Waals surface area (Å²) in [7, 11) is 0. The van der Waals surface area contributed by atoms with Crippen molar-refractivity contribution in [1.82, 2.24) is 0 Å². The van der Waals surface area contributed by atoms with Crippen LogP contribution in [0.1, 0.15) is 26.3 Å². The second-order valence-electron chi connectivity index (χ2n) is 6.89. The van der Waals surface area contributed by atoms with E-state index in [0.717, 1.165) is 7.14 Å². The van der Waals surface area contributed by atoms with E-state index in [2.05, 4.69) is 0 Å². The summed E-state index contributed by atoms with van der Waals surface area (Å²) in [4.78, 5) is 24.8. The van der Waals surface area contributed by atoms with E-state index in [-0.39, 0.29) is 11.1 Å². The van der Waals surface area contributed by atoms with E-state index >= 15 is 0 Å². The molecule has 0 aromatic heterocycles. The first-order valence-corrected chi connectivity index (χ1v) is 11.6. The molecular weight excluding hydrogens is 689 g/mol. The van der Waals surface area contributed by atoms with Crippen LogP contribution in [-0.2, 0) is 15.9 Å². The van der Waals surface area contributed by atoms with Gasteiger partial charge in [-0.2, -0.15) is 0 Å². The van der Waals surface area contributed by atoms with Gasteiger partial charge in [-0.05, 0) is 93.7 Å². The topological polar surface area (TPSA) is 52.6 Å². The number of hydrogen-bond acceptors (Lipinski definition) is 4. The molecule has 0 unspecified atom stereocenters. The maximum absolute atomic E-state index is 14.2. The maximum atomic E-state index is 14.2. The van der Waals surface area contributed by atoms with Gasteiger partial charge < -0.3 is 9.47 Å². The molecule has 0 aliphatic heterocycles. The molecule has 1 atom stereocenters. The molecule has 0 amide bonds. The Bertz CT molecular complexity index is 1190. The molecule has 178 valence electrons. The highest BCUT2D eigenvalue weighted by atomic mass is 127. The van der Waals surface area contributed by atoms with Crippen molar-refractivity contribution in [1.29, 1.82) is 0 Å². The SMILES string of the molecule is O=C(OC[C@@H](Cc1c(F)c(F)c(F)c(F)c1F)OC(=O)c1ccc(I)cc1)c1ccc(I)cc1. The van der Waals surface area contributed by atoms with Crippen LogP contribution in [0, 0.1) is 36.2 Å². The molecule has 3 rings (SSSR count). The van der Waals surface area contributed by atoms with Gasteiger partial charge in [0.25, 0.3) is 0 Å². The van der Waals surface area contributed by atoms with E-state index in [0.29, 0.717) is 0 Å². The predicted molar refractivity (Wildman–Crippen MR) is 128 cm³/mol. The van der Waals surface area contributed by atoms with Gasteiger partial charge in [0.15, 0.2) is 23.3 Å². The molecule has 34 heavy (non-hydrogen) atoms. The molecule has 0 aliphatic rings. The van der Waals surface area contributed by atoms with Crippen LogP contribution < -0.4 is 0 Å². The average Bonchev–Trinajstić information content (AvgIpc) is 2.83. The van der Waals surface area contributed by atoms with Gasteiger partial charge in [-0.15, -0.1) is 0 Å². The molecule has 0 fully saturated rings. The average molecular weight is 702 g/mol. The Kier molecular flexibility index (Phi) is 8.84. The number of hydrogen-bond donors (Lipinski definition) is 0. The van der Waals surface area contributed by atoms with Crippen molar-refractivity contribution < 1.29 is 41.0 Å². The van der Waals surface area contributed by atoms with Crippen molar-refractivity contribution in [2.24, 2.45) is 0 Å². The fourth-order valence-electron chi connectivity index (χ4n) is 2.84. The van der Waals surface area contributed by atoms with Crippen molar-refractivity contribution in [3.63, 3.8) is 0 Å². The molecule has 3 aromatic rings. The first-order valence-electron chi connectivity index (χ1n) is 9.48. The molecule has 0 bridgehead atoms. The minimum Gasteiger partial charge on any atom is -0.458 e. The molecule has 0 saturated heterocycles. The largest absolute Gasteiger partial charge is 0.458 e. The summed E-state index contributed by atoms with van der Waals surface area (Å²) in [5.74, 6) is -12.5. The lowest BCUT2D eigenvalue weighted by Gasteiger charge is -2.19. The third-order valence-electron chi connectivity index (χ3n) is 4.57. The summed E-state index contributed by atoms with van der Waals surface area (Å²) in [6.45, 7) is -0.694. The molecule has 0 spiro atoms. The Morgan fingerprint density at radius 3 is 1.56 bits per heavy atom. The van der Waals surface area contributed by atoms with Gasteiger partial charge in [-0.1, -0.05) is 0 Å². The fourth-order valence-corrected chi connectivity index (χ4v) is 3.55. The van der Waals surface area contributed by atoms with Gasteiger partial charge in [-0.3, -0.25) is 0 Å². The molecule has 3 aromatic carbocycles. The van der Waals surface area contributed by atoms with Gasteiger partial charge in [0, 0.05) is 19.1 Å². The van der Waals surface area contributed by atoms with Crippen LogP contribution in [0.4, 0.5) is 22.0 Å². The van der Waals surface area contributed by atoms with Gasteiger partial charge in [-0.25, -0.2) is 31.5 Å². The number of carbonyl (C=O) groups excluding carboxylic acids is 2. The second kappa shape index (κ2) is 11.4. The van der Waals surface area contributed by atoms with E-state index in [1.165, 1.54) is 24.3 Å². The van der Waals surface area contributed by atoms with Crippen LogP contribution in [-0.4, -0.2) is 24.6 Å². The van der Waals surface area contributed by atoms with Crippen molar-refractivity contribution in [3.05, 3.63) is 101 Å². The Balaban J connectivity index is 1.85. The minimum absolute atomic E-state index is 0.0757. The molecular formula is C23H13F5I2O4. The fraction of sp³-hybridized carbons (Fsp3) is 0.130. The molecule has 0 aliphatic carbocycles. The summed E-state index contributed by atoms with van der Waals surface area (Å²) < 4.78 is 81.0. The second-order valence-corrected chi connectivity index (χ2v) is 9.38. The van der Waals surface area contributed by atoms with Gasteiger partial charge in [0.2, 0.25) is 5.82 Å². The Morgan fingerprint density at radius 2 is 1.09 bits per heavy atom. The van der Waals surface area contributed by atoms with E-state index in [4.69, 9.17) is 9.47 Å². The summed E-state index contributed by atoms with van der Waals surface area (Å²) >= 11 is 4.04. The van der Waals surface area contributed by atoms with Crippen LogP contribution in [0.15, 0.2) is 48.5 Å². The molecule has 0 N–H and O–H groups in total. The van der Waals surface area contributed by atoms with Gasteiger partial charge in [0.05, 0.1) is 11.1 Å². The van der Waals surface area contributed by atoms with E-state index < -0.39 is 65.7 Å². The monoisotopic (exact) mass is 702 g/mol. The van der Waals surface area contributed by atoms with E-state index in [1.54, 1.807) is 24.3 Å². The summed E-state index contributed by atoms with van der Waals surface area (Å²) in [5.41, 5.74) is -0.965. The first kappa shape index (κ1) is 26.3. The van der Waals surface area contributed by atoms with Gasteiger partial charge in [0.1, 0.15) is 12.7 Å². The van der Waals surface area contributed by atoms with Gasteiger partial charge >= 0.3 is 11.9 Å². The van der Waals surface area contributed by atoms with Crippen molar-refractivity contribution in [2.75, 3.05) is 6.61 Å². The Hall–Kier alpha value is -2.29. The highest BCUT2D eigenvalue weighted by Crippen LogP contribution is 2.25. The number of carbonyl (C=O) groups is 2. The standard InChI is InChI=1S/C23H13F5I2O4/c24-17-16(18(25)20(27)21(28)19(17)26)9-15(34-23(32)12-3-7-14(30)8-4-12)10-33-22(31)11-1-5-13(29)6-2-11/h1-8,15H,9-10H2/t15-/m1/s1. The maximum Gasteiger partial charge on any atom is 0.338 e. The van der Waals surface area contributed by atoms with Crippen LogP contribution in [0.5, 0.6) is 0 Å². The van der Waals surface area contributed by atoms with Crippen LogP contribution in [0.25, 0.3) is 0 Å². The molecule has 0 saturated carbocycles. The predicted octanol–water partition coefficient (Wildman–Crippen LogP) is 6.22. The number of ether oxygens (including phenoxy) is 2. The van der Waals surface area contributed by atoms with Crippen LogP contribution in [0.2, 0.25) is 0 Å². The summed E-state index contributed by atoms with van der Waals surface area (Å²) in [6, 6.07) is 12.3. The zero-order valence-corrected chi connectivity index (χ0v) is 21.2. The Labute approximate surface area is 217 Å². The van der Waals surface area contributed by atoms with E-state index in [1.807, 2.05) is 45.2 Å². The highest BCUT2D eigenvalue weighted by molar-refractivity contribution is 14.1. The summed E-state index contributed by atoms with van der Waals surface area (Å²) in [6.07, 6.45) is -2.48. The lowest BCUT2D eigenvalue weighted by atomic mass is 10.1. The third kappa shape index (κ3) is 6.23. The minimum atomic E-state index is -2.31. The van der Waals surface area contributed by atoms with Crippen LogP contribution in [0.3, 0.4) is 0 Å². The number of halogens is 7. The number of benzene rings is 3. The normalized spacial score (nSPS) is 11.7. The summed E-state index contributed by atoms with van der Waals surface area (Å²) in [5, 5.41) is 0. The number of esters is 2. The third-order valence-corrected chi connectivity index (χ3v) is 6.00. The van der Waals surface area contributed by atoms with Crippen molar-refractivity contribution in [3.8, 4) is 0 Å². The smallest absolute Gasteiger partial charge is 0.338 e. The molecule has 0 radical (unpaired) electrons. The highest BCUT2D eigenvalue weighted by Gasteiger charge is 2.29. The van der Waals surface area contributed by atoms with Crippen LogP contribution >= 0.6 is 45.2 Å². The quantitative estimate of drug-likeness (QED) is 0.0967. The number of rotatable bonds is 7. The molecule has 11 heteroatoms. The lowest BCUT2D eigenvalue weighted by Crippen LogP contribution is -2.29. The van der Waals surface area contributed by atoms with Crippen molar-refractivity contribution in [2.45, 2.75) is 12.5 Å². The zero-order chi connectivity index (χ0) is 25.0. The van der Waals surface area contributed by atoms with Crippen molar-refractivity contribution >= 4 is 57.1 Å². The lowest BCUT2D eigenvalue weighted by molar-refractivity contribution is -0.000860. The zero-order valence-electron chi connectivity index (χ0n) is 16.9. The molecule has 0 heterocycles.